The van der Waals surface area contributed by atoms with E-state index in [0.29, 0.717) is 67.5 Å². The lowest BCUT2D eigenvalue weighted by Crippen LogP contribution is -2.22. The first-order valence-corrected chi connectivity index (χ1v) is 21.5. The van der Waals surface area contributed by atoms with Crippen molar-refractivity contribution >= 4 is 55.4 Å². The van der Waals surface area contributed by atoms with Crippen molar-refractivity contribution in [1.82, 2.24) is 4.98 Å². The van der Waals surface area contributed by atoms with Gasteiger partial charge < -0.3 is 39.6 Å². The SMILES string of the molecule is COc1c(NC(=O)Nc2ccc(Oc3ccnc(Cc4ccc(C(=O)CCCOCCOCCO)c(N(C)C)c4)c3)c3ccccc23)cc(C(C)(C)C)cc1NS(C)(=O)=O. The second-order valence-electron chi connectivity index (χ2n) is 15.4. The van der Waals surface area contributed by atoms with Gasteiger partial charge in [0.15, 0.2) is 11.5 Å². The quantitative estimate of drug-likeness (QED) is 0.0441. The number of ether oxygens (including phenoxy) is 4. The second kappa shape index (κ2) is 20.5. The Morgan fingerprint density at radius 3 is 2.22 bits per heavy atom. The monoisotopic (exact) mass is 841 g/mol. The third kappa shape index (κ3) is 12.6. The molecule has 0 unspecified atom stereocenters. The van der Waals surface area contributed by atoms with Crippen LogP contribution in [-0.2, 0) is 31.3 Å². The van der Waals surface area contributed by atoms with Crippen molar-refractivity contribution in [1.29, 1.82) is 0 Å². The summed E-state index contributed by atoms with van der Waals surface area (Å²) in [7, 11) is 1.59. The number of carbonyl (C=O) groups excluding carboxylic acids is 2. The molecule has 0 aliphatic rings. The van der Waals surface area contributed by atoms with E-state index in [4.69, 9.17) is 24.1 Å². The number of hydrogen-bond donors (Lipinski definition) is 4. The first kappa shape index (κ1) is 45.3. The van der Waals surface area contributed by atoms with Crippen LogP contribution in [0.15, 0.2) is 85.1 Å². The molecule has 0 bridgehead atoms. The van der Waals surface area contributed by atoms with E-state index in [1.165, 1.54) is 7.11 Å². The van der Waals surface area contributed by atoms with Crippen molar-refractivity contribution in [3.05, 3.63) is 107 Å². The Labute approximate surface area is 352 Å². The molecule has 0 saturated carbocycles. The van der Waals surface area contributed by atoms with E-state index in [1.54, 1.807) is 36.5 Å². The normalized spacial score (nSPS) is 11.6. The van der Waals surface area contributed by atoms with E-state index >= 15 is 0 Å². The maximum absolute atomic E-state index is 13.5. The number of sulfonamides is 1. The van der Waals surface area contributed by atoms with Crippen molar-refractivity contribution in [3.8, 4) is 17.2 Å². The molecule has 320 valence electrons. The van der Waals surface area contributed by atoms with E-state index in [9.17, 15) is 18.0 Å². The molecule has 0 radical (unpaired) electrons. The minimum Gasteiger partial charge on any atom is -0.492 e. The molecule has 4 N–H and O–H groups in total. The van der Waals surface area contributed by atoms with E-state index in [1.807, 2.05) is 88.3 Å². The molecular weight excluding hydrogens is 787 g/mol. The predicted octanol–water partition coefficient (Wildman–Crippen LogP) is 7.99. The van der Waals surface area contributed by atoms with Gasteiger partial charge >= 0.3 is 6.03 Å². The van der Waals surface area contributed by atoms with Gasteiger partial charge in [-0.05, 0) is 65.4 Å². The van der Waals surface area contributed by atoms with E-state index < -0.39 is 16.1 Å². The molecule has 0 aliphatic carbocycles. The number of hydrogen-bond acceptors (Lipinski definition) is 11. The topological polar surface area (TPSA) is 178 Å². The number of anilines is 4. The second-order valence-corrected chi connectivity index (χ2v) is 17.2. The van der Waals surface area contributed by atoms with Crippen molar-refractivity contribution in [2.24, 2.45) is 0 Å². The summed E-state index contributed by atoms with van der Waals surface area (Å²) in [4.78, 5) is 33.2. The number of aliphatic hydroxyl groups is 1. The maximum atomic E-state index is 13.5. The first-order chi connectivity index (χ1) is 28.6. The average Bonchev–Trinajstić information content (AvgIpc) is 3.19. The fraction of sp³-hybridized carbons (Fsp3) is 0.356. The summed E-state index contributed by atoms with van der Waals surface area (Å²) >= 11 is 0. The highest BCUT2D eigenvalue weighted by Gasteiger charge is 2.23. The van der Waals surface area contributed by atoms with Crippen LogP contribution in [0.2, 0.25) is 0 Å². The number of fused-ring (bicyclic) bond motifs is 1. The standard InChI is InChI=1S/C45H55N5O9S/c1-45(2,3)31-27-38(43(56-6)39(28-31)49-60(7,54)55)48-44(53)47-37-16-17-42(35-12-9-8-11-34(35)37)59-33-18-19-46-32(29-33)25-30-14-15-36(40(26-30)50(4)5)41(52)13-10-21-57-23-24-58-22-20-51/h8-9,11-12,14-19,26-29,49,51H,10,13,20-25H2,1-7H3,(H2,47,48,53). The average molecular weight is 842 g/mol. The van der Waals surface area contributed by atoms with Gasteiger partial charge in [-0.3, -0.25) is 14.5 Å². The van der Waals surface area contributed by atoms with E-state index in [2.05, 4.69) is 20.3 Å². The zero-order chi connectivity index (χ0) is 43.5. The molecule has 1 aromatic heterocycles. The van der Waals surface area contributed by atoms with Gasteiger partial charge in [0.1, 0.15) is 11.5 Å². The van der Waals surface area contributed by atoms with Crippen LogP contribution in [-0.4, -0.2) is 90.8 Å². The Kier molecular flexibility index (Phi) is 15.5. The smallest absolute Gasteiger partial charge is 0.323 e. The fourth-order valence-electron chi connectivity index (χ4n) is 6.50. The minimum absolute atomic E-state index is 0.0243. The Balaban J connectivity index is 1.29. The van der Waals surface area contributed by atoms with Crippen LogP contribution in [0.5, 0.6) is 17.2 Å². The Morgan fingerprint density at radius 2 is 1.53 bits per heavy atom. The summed E-state index contributed by atoms with van der Waals surface area (Å²) in [6.07, 6.45) is 4.20. The molecule has 0 saturated heterocycles. The number of nitrogens with zero attached hydrogens (tertiary/aromatic N) is 2. The molecule has 60 heavy (non-hydrogen) atoms. The van der Waals surface area contributed by atoms with Gasteiger partial charge in [-0.2, -0.15) is 0 Å². The molecular formula is C45H55N5O9S. The van der Waals surface area contributed by atoms with Crippen LogP contribution in [0.3, 0.4) is 0 Å². The number of aliphatic hydroxyl groups excluding tert-OH is 1. The number of rotatable bonds is 20. The third-order valence-electron chi connectivity index (χ3n) is 9.38. The number of methoxy groups -OCH3 is 1. The maximum Gasteiger partial charge on any atom is 0.323 e. The number of aromatic nitrogens is 1. The molecule has 14 nitrogen and oxygen atoms in total. The van der Waals surface area contributed by atoms with Crippen LogP contribution in [0.1, 0.15) is 60.8 Å². The first-order valence-electron chi connectivity index (χ1n) is 19.6. The minimum atomic E-state index is -3.64. The molecule has 5 aromatic rings. The summed E-state index contributed by atoms with van der Waals surface area (Å²) in [6.45, 7) is 7.47. The molecule has 0 spiro atoms. The molecule has 0 atom stereocenters. The highest BCUT2D eigenvalue weighted by molar-refractivity contribution is 7.92. The molecule has 15 heteroatoms. The molecule has 0 fully saturated rings. The lowest BCUT2D eigenvalue weighted by molar-refractivity contribution is 0.0321. The Morgan fingerprint density at radius 1 is 0.833 bits per heavy atom. The van der Waals surface area contributed by atoms with Gasteiger partial charge in [-0.15, -0.1) is 0 Å². The van der Waals surface area contributed by atoms with E-state index in [-0.39, 0.29) is 35.8 Å². The number of carbonyl (C=O) groups is 2. The van der Waals surface area contributed by atoms with Crippen molar-refractivity contribution < 1.29 is 42.1 Å². The van der Waals surface area contributed by atoms with Gasteiger partial charge in [-0.1, -0.05) is 51.1 Å². The van der Waals surface area contributed by atoms with Crippen molar-refractivity contribution in [2.75, 3.05) is 80.8 Å². The number of nitrogens with one attached hydrogen (secondary N) is 3. The van der Waals surface area contributed by atoms with Crippen molar-refractivity contribution in [3.63, 3.8) is 0 Å². The number of ketones is 1. The van der Waals surface area contributed by atoms with Gasteiger partial charge in [0.05, 0.1) is 56.9 Å². The zero-order valence-electron chi connectivity index (χ0n) is 35.3. The summed E-state index contributed by atoms with van der Waals surface area (Å²) in [5.74, 6) is 1.36. The van der Waals surface area contributed by atoms with Crippen LogP contribution >= 0.6 is 0 Å². The number of amides is 2. The molecule has 5 rings (SSSR count). The van der Waals surface area contributed by atoms with Crippen LogP contribution in [0.4, 0.5) is 27.5 Å². The third-order valence-corrected chi connectivity index (χ3v) is 9.97. The highest BCUT2D eigenvalue weighted by Crippen LogP contribution is 2.40. The number of benzene rings is 4. The predicted molar refractivity (Wildman–Crippen MR) is 237 cm³/mol. The molecule has 1 heterocycles. The van der Waals surface area contributed by atoms with Gasteiger partial charge in [0.25, 0.3) is 0 Å². The van der Waals surface area contributed by atoms with Crippen LogP contribution < -0.4 is 29.7 Å². The number of pyridine rings is 1. The Bertz CT molecular complexity index is 2400. The summed E-state index contributed by atoms with van der Waals surface area (Å²) < 4.78 is 49.6. The van der Waals surface area contributed by atoms with Crippen LogP contribution in [0.25, 0.3) is 10.8 Å². The summed E-state index contributed by atoms with van der Waals surface area (Å²) in [6, 6.07) is 23.5. The highest BCUT2D eigenvalue weighted by atomic mass is 32.2. The largest absolute Gasteiger partial charge is 0.492 e. The lowest BCUT2D eigenvalue weighted by atomic mass is 9.86. The number of Topliss-reactive ketones (excluding diaryl/α,β-unsaturated/α-hetero) is 1. The summed E-state index contributed by atoms with van der Waals surface area (Å²) in [5, 5.41) is 16.1. The Hall–Kier alpha value is -5.74. The van der Waals surface area contributed by atoms with E-state index in [0.717, 1.165) is 39.5 Å². The summed E-state index contributed by atoms with van der Waals surface area (Å²) in [5.41, 5.74) is 4.68. The molecule has 2 amide bonds. The number of urea groups is 1. The van der Waals surface area contributed by atoms with Gasteiger partial charge in [0, 0.05) is 73.5 Å². The fourth-order valence-corrected chi connectivity index (χ4v) is 7.05. The molecule has 0 aliphatic heterocycles. The zero-order valence-corrected chi connectivity index (χ0v) is 36.1. The molecule has 4 aromatic carbocycles. The van der Waals surface area contributed by atoms with Crippen LogP contribution in [0, 0.1) is 0 Å². The lowest BCUT2D eigenvalue weighted by Gasteiger charge is -2.24. The van der Waals surface area contributed by atoms with Gasteiger partial charge in [-0.25, -0.2) is 13.2 Å². The van der Waals surface area contributed by atoms with Crippen molar-refractivity contribution in [2.45, 2.75) is 45.4 Å². The van der Waals surface area contributed by atoms with Gasteiger partial charge in [0.2, 0.25) is 10.0 Å².